The molecule has 1 amide bonds. The van der Waals surface area contributed by atoms with Crippen molar-refractivity contribution in [2.24, 2.45) is 10.8 Å². The van der Waals surface area contributed by atoms with Gasteiger partial charge in [0, 0.05) is 19.2 Å². The molecule has 0 aromatic heterocycles. The van der Waals surface area contributed by atoms with Crippen LogP contribution in [0.5, 0.6) is 0 Å². The van der Waals surface area contributed by atoms with E-state index in [0.717, 1.165) is 0 Å². The summed E-state index contributed by atoms with van der Waals surface area (Å²) in [5, 5.41) is 32.1. The van der Waals surface area contributed by atoms with Crippen LogP contribution in [0.1, 0.15) is 68.2 Å². The third-order valence-electron chi connectivity index (χ3n) is 6.77. The van der Waals surface area contributed by atoms with E-state index in [1.165, 1.54) is 7.11 Å². The molecule has 0 aliphatic carbocycles. The minimum absolute atomic E-state index is 0.0395. The van der Waals surface area contributed by atoms with Gasteiger partial charge in [0.15, 0.2) is 11.3 Å². The molecule has 0 fully saturated rings. The summed E-state index contributed by atoms with van der Waals surface area (Å²) in [5.74, 6) is -1.32. The zero-order chi connectivity index (χ0) is 28.4. The van der Waals surface area contributed by atoms with E-state index in [0.29, 0.717) is 24.0 Å². The van der Waals surface area contributed by atoms with Crippen molar-refractivity contribution in [1.29, 1.82) is 15.8 Å². The van der Waals surface area contributed by atoms with Crippen molar-refractivity contribution in [3.63, 3.8) is 0 Å². The average Bonchev–Trinajstić information content (AvgIpc) is 3.22. The summed E-state index contributed by atoms with van der Waals surface area (Å²) in [6.07, 6.45) is 0.862. The van der Waals surface area contributed by atoms with Gasteiger partial charge in [-0.2, -0.15) is 15.8 Å². The van der Waals surface area contributed by atoms with Crippen LogP contribution >= 0.6 is 0 Å². The third-order valence-corrected chi connectivity index (χ3v) is 6.77. The molecule has 0 radical (unpaired) electrons. The molecule has 1 atom stereocenters. The van der Waals surface area contributed by atoms with Crippen LogP contribution in [-0.2, 0) is 23.8 Å². The van der Waals surface area contributed by atoms with Gasteiger partial charge in [-0.3, -0.25) is 4.79 Å². The first-order chi connectivity index (χ1) is 17.0. The fourth-order valence-corrected chi connectivity index (χ4v) is 5.56. The van der Waals surface area contributed by atoms with Crippen molar-refractivity contribution in [2.45, 2.75) is 79.4 Å². The number of nitriles is 3. The quantitative estimate of drug-likeness (QED) is 0.223. The molecule has 0 aromatic rings. The Morgan fingerprint density at radius 2 is 1.59 bits per heavy atom. The molecule has 9 heteroatoms. The van der Waals surface area contributed by atoms with Crippen molar-refractivity contribution >= 4 is 11.9 Å². The average molecular weight is 509 g/mol. The lowest BCUT2D eigenvalue weighted by molar-refractivity contribution is -0.146. The lowest BCUT2D eigenvalue weighted by Gasteiger charge is -2.39. The topological polar surface area (TPSA) is 145 Å². The second-order valence-corrected chi connectivity index (χ2v) is 11.7. The lowest BCUT2D eigenvalue weighted by Crippen LogP contribution is -2.37. The van der Waals surface area contributed by atoms with Gasteiger partial charge in [-0.25, -0.2) is 4.79 Å². The molecular formula is C28H36N4O5. The highest BCUT2D eigenvalue weighted by molar-refractivity contribution is 5.99. The number of carbonyl (C=O) groups excluding carboxylic acids is 2. The highest BCUT2D eigenvalue weighted by atomic mass is 16.6. The second-order valence-electron chi connectivity index (χ2n) is 11.7. The van der Waals surface area contributed by atoms with Gasteiger partial charge < -0.3 is 19.5 Å². The fraction of sp³-hybridized carbons (Fsp3) is 0.607. The molecule has 0 saturated heterocycles. The van der Waals surface area contributed by atoms with E-state index in [1.54, 1.807) is 13.8 Å². The van der Waals surface area contributed by atoms with Gasteiger partial charge in [0.1, 0.15) is 35.0 Å². The molecule has 0 aromatic carbocycles. The summed E-state index contributed by atoms with van der Waals surface area (Å²) in [4.78, 5) is 25.2. The van der Waals surface area contributed by atoms with E-state index in [9.17, 15) is 25.4 Å². The SMILES string of the molecule is COCCNC(=O)/C(C#N)=C1\OC(C)(C)C(C(C)(C)CCC2(C)OC(=O)C(C#N)=C2C(C)(C)C)=C1C#N. The number of ether oxygens (including phenoxy) is 3. The molecule has 0 saturated carbocycles. The fourth-order valence-electron chi connectivity index (χ4n) is 5.56. The molecule has 0 bridgehead atoms. The molecule has 1 unspecified atom stereocenters. The Balaban J connectivity index is 2.53. The van der Waals surface area contributed by atoms with Crippen LogP contribution in [-0.4, -0.2) is 43.3 Å². The first-order valence-electron chi connectivity index (χ1n) is 12.2. The van der Waals surface area contributed by atoms with E-state index in [2.05, 4.69) is 11.4 Å². The molecule has 1 N–H and O–H groups in total. The lowest BCUT2D eigenvalue weighted by atomic mass is 9.68. The maximum absolute atomic E-state index is 12.7. The number of allylic oxidation sites excluding steroid dienone is 1. The summed E-state index contributed by atoms with van der Waals surface area (Å²) in [7, 11) is 1.50. The molecule has 37 heavy (non-hydrogen) atoms. The number of methoxy groups -OCH3 is 1. The number of amides is 1. The first kappa shape index (κ1) is 29.6. The van der Waals surface area contributed by atoms with Gasteiger partial charge >= 0.3 is 5.97 Å². The highest BCUT2D eigenvalue weighted by Crippen LogP contribution is 2.52. The van der Waals surface area contributed by atoms with E-state index >= 15 is 0 Å². The number of esters is 1. The summed E-state index contributed by atoms with van der Waals surface area (Å²) in [6, 6.07) is 6.06. The van der Waals surface area contributed by atoms with Crippen LogP contribution in [0.15, 0.2) is 33.6 Å². The molecule has 0 spiro atoms. The Labute approximate surface area is 219 Å². The van der Waals surface area contributed by atoms with Gasteiger partial charge in [0.05, 0.1) is 12.2 Å². The molecule has 2 rings (SSSR count). The van der Waals surface area contributed by atoms with E-state index in [4.69, 9.17) is 14.2 Å². The van der Waals surface area contributed by atoms with Crippen molar-refractivity contribution in [1.82, 2.24) is 5.32 Å². The van der Waals surface area contributed by atoms with Crippen LogP contribution in [0.4, 0.5) is 0 Å². The normalized spacial score (nSPS) is 22.6. The molecule has 2 heterocycles. The predicted octanol–water partition coefficient (Wildman–Crippen LogP) is 4.14. The number of nitrogens with zero attached hydrogens (tertiary/aromatic N) is 3. The van der Waals surface area contributed by atoms with Crippen molar-refractivity contribution in [2.75, 3.05) is 20.3 Å². The number of rotatable bonds is 8. The minimum Gasteiger partial charge on any atom is -0.480 e. The van der Waals surface area contributed by atoms with Crippen LogP contribution in [0.25, 0.3) is 0 Å². The van der Waals surface area contributed by atoms with Gasteiger partial charge in [-0.05, 0) is 50.0 Å². The standard InChI is InChI=1S/C28H36N4O5/c1-25(2,3)21-19(16-31)24(34)37-28(21,8)11-10-26(4,5)22-17(14-29)20(36-27(22,6)7)18(15-30)23(33)32-12-13-35-9/h10-13H2,1-9H3,(H,32,33)/b20-18-. The zero-order valence-corrected chi connectivity index (χ0v) is 23.2. The first-order valence-corrected chi connectivity index (χ1v) is 12.2. The Hall–Kier alpha value is -3.61. The minimum atomic E-state index is -0.994. The van der Waals surface area contributed by atoms with Crippen LogP contribution in [0.3, 0.4) is 0 Å². The number of cyclic esters (lactones) is 1. The van der Waals surface area contributed by atoms with Crippen molar-refractivity contribution < 1.29 is 23.8 Å². The van der Waals surface area contributed by atoms with Gasteiger partial charge in [-0.1, -0.05) is 34.6 Å². The predicted molar refractivity (Wildman–Crippen MR) is 135 cm³/mol. The van der Waals surface area contributed by atoms with Crippen LogP contribution in [0, 0.1) is 44.8 Å². The van der Waals surface area contributed by atoms with Crippen molar-refractivity contribution in [3.8, 4) is 18.2 Å². The summed E-state index contributed by atoms with van der Waals surface area (Å²) >= 11 is 0. The Morgan fingerprint density at radius 3 is 2.08 bits per heavy atom. The van der Waals surface area contributed by atoms with E-state index < -0.39 is 33.9 Å². The van der Waals surface area contributed by atoms with Crippen LogP contribution < -0.4 is 5.32 Å². The van der Waals surface area contributed by atoms with Gasteiger partial charge in [-0.15, -0.1) is 0 Å². The number of carbonyl (C=O) groups is 2. The number of hydrogen-bond donors (Lipinski definition) is 1. The second kappa shape index (κ2) is 10.4. The monoisotopic (exact) mass is 508 g/mol. The van der Waals surface area contributed by atoms with E-state index in [1.807, 2.05) is 53.7 Å². The maximum atomic E-state index is 12.7. The Bertz CT molecular complexity index is 1210. The summed E-state index contributed by atoms with van der Waals surface area (Å²) < 4.78 is 16.8. The van der Waals surface area contributed by atoms with Crippen LogP contribution in [0.2, 0.25) is 0 Å². The number of hydrogen-bond acceptors (Lipinski definition) is 8. The van der Waals surface area contributed by atoms with Crippen molar-refractivity contribution in [3.05, 3.63) is 33.6 Å². The zero-order valence-electron chi connectivity index (χ0n) is 23.2. The third kappa shape index (κ3) is 5.71. The number of nitrogens with one attached hydrogen (secondary N) is 1. The largest absolute Gasteiger partial charge is 0.480 e. The Kier molecular flexibility index (Phi) is 8.33. The molecule has 2 aliphatic heterocycles. The maximum Gasteiger partial charge on any atom is 0.349 e. The van der Waals surface area contributed by atoms with Gasteiger partial charge in [0.25, 0.3) is 5.91 Å². The summed E-state index contributed by atoms with van der Waals surface area (Å²) in [5.41, 5.74) is -1.90. The molecule has 9 nitrogen and oxygen atoms in total. The smallest absolute Gasteiger partial charge is 0.349 e. The highest BCUT2D eigenvalue weighted by Gasteiger charge is 2.51. The Morgan fingerprint density at radius 1 is 1.00 bits per heavy atom. The summed E-state index contributed by atoms with van der Waals surface area (Å²) in [6.45, 7) is 15.6. The van der Waals surface area contributed by atoms with Gasteiger partial charge in [0.2, 0.25) is 0 Å². The molecular weight excluding hydrogens is 472 g/mol. The molecule has 198 valence electrons. The molecule has 2 aliphatic rings. The van der Waals surface area contributed by atoms with E-state index in [-0.39, 0.29) is 35.6 Å².